The SMILES string of the molecule is COc1ccc([C@H](C)NC[C@H]2CN(c3ccc(N4CCOCC4)c(F)c3)C(=O)O2)cc1. The van der Waals surface area contributed by atoms with Crippen molar-refractivity contribution in [3.05, 3.63) is 53.8 Å². The maximum absolute atomic E-state index is 14.7. The molecule has 4 rings (SSSR count). The van der Waals surface area contributed by atoms with E-state index in [1.54, 1.807) is 19.2 Å². The number of amides is 1. The zero-order chi connectivity index (χ0) is 21.8. The zero-order valence-electron chi connectivity index (χ0n) is 17.8. The molecule has 0 unspecified atom stereocenters. The van der Waals surface area contributed by atoms with Crippen molar-refractivity contribution >= 4 is 17.5 Å². The number of carbonyl (C=O) groups excluding carboxylic acids is 1. The maximum atomic E-state index is 14.7. The Morgan fingerprint density at radius 2 is 1.94 bits per heavy atom. The van der Waals surface area contributed by atoms with Crippen LogP contribution in [0.15, 0.2) is 42.5 Å². The average molecular weight is 429 g/mol. The summed E-state index contributed by atoms with van der Waals surface area (Å²) in [6, 6.07) is 12.8. The summed E-state index contributed by atoms with van der Waals surface area (Å²) < 4.78 is 30.7. The first-order valence-corrected chi connectivity index (χ1v) is 10.5. The van der Waals surface area contributed by atoms with E-state index in [0.717, 1.165) is 11.3 Å². The van der Waals surface area contributed by atoms with E-state index in [0.29, 0.717) is 50.8 Å². The molecule has 1 N–H and O–H groups in total. The fraction of sp³-hybridized carbons (Fsp3) is 0.435. The molecule has 0 aromatic heterocycles. The van der Waals surface area contributed by atoms with Crippen molar-refractivity contribution in [1.29, 1.82) is 0 Å². The van der Waals surface area contributed by atoms with Crippen LogP contribution in [-0.4, -0.2) is 58.7 Å². The number of rotatable bonds is 7. The van der Waals surface area contributed by atoms with Gasteiger partial charge in [-0.15, -0.1) is 0 Å². The summed E-state index contributed by atoms with van der Waals surface area (Å²) in [7, 11) is 1.64. The summed E-state index contributed by atoms with van der Waals surface area (Å²) in [6.45, 7) is 5.41. The van der Waals surface area contributed by atoms with Crippen LogP contribution in [0.1, 0.15) is 18.5 Å². The van der Waals surface area contributed by atoms with Crippen LogP contribution in [0.25, 0.3) is 0 Å². The fourth-order valence-electron chi connectivity index (χ4n) is 3.88. The minimum Gasteiger partial charge on any atom is -0.497 e. The van der Waals surface area contributed by atoms with Crippen molar-refractivity contribution in [2.24, 2.45) is 0 Å². The van der Waals surface area contributed by atoms with Gasteiger partial charge >= 0.3 is 6.09 Å². The van der Waals surface area contributed by atoms with Gasteiger partial charge < -0.3 is 24.4 Å². The molecule has 0 radical (unpaired) electrons. The number of nitrogens with one attached hydrogen (secondary N) is 1. The lowest BCUT2D eigenvalue weighted by molar-refractivity contribution is 0.122. The molecule has 2 aliphatic heterocycles. The van der Waals surface area contributed by atoms with Crippen molar-refractivity contribution in [1.82, 2.24) is 5.32 Å². The van der Waals surface area contributed by atoms with Crippen LogP contribution in [0.2, 0.25) is 0 Å². The van der Waals surface area contributed by atoms with Crippen LogP contribution in [0.4, 0.5) is 20.6 Å². The fourth-order valence-corrected chi connectivity index (χ4v) is 3.88. The van der Waals surface area contributed by atoms with Gasteiger partial charge in [-0.3, -0.25) is 4.90 Å². The second kappa shape index (κ2) is 9.53. The lowest BCUT2D eigenvalue weighted by Crippen LogP contribution is -2.36. The molecule has 2 atom stereocenters. The maximum Gasteiger partial charge on any atom is 0.414 e. The van der Waals surface area contributed by atoms with E-state index < -0.39 is 6.09 Å². The van der Waals surface area contributed by atoms with Gasteiger partial charge in [0.05, 0.1) is 38.2 Å². The quantitative estimate of drug-likeness (QED) is 0.728. The van der Waals surface area contributed by atoms with Gasteiger partial charge in [-0.2, -0.15) is 0 Å². The Hall–Kier alpha value is -2.84. The molecule has 0 aliphatic carbocycles. The molecule has 31 heavy (non-hydrogen) atoms. The van der Waals surface area contributed by atoms with Crippen LogP contribution in [0.3, 0.4) is 0 Å². The minimum absolute atomic E-state index is 0.0870. The third kappa shape index (κ3) is 4.91. The van der Waals surface area contributed by atoms with Crippen LogP contribution in [-0.2, 0) is 9.47 Å². The number of halogens is 1. The van der Waals surface area contributed by atoms with Gasteiger partial charge in [0, 0.05) is 25.7 Å². The normalized spacial score (nSPS) is 20.0. The molecular formula is C23H28FN3O4. The predicted molar refractivity (Wildman–Crippen MR) is 116 cm³/mol. The van der Waals surface area contributed by atoms with Crippen molar-refractivity contribution in [2.75, 3.05) is 56.3 Å². The van der Waals surface area contributed by atoms with Gasteiger partial charge in [0.15, 0.2) is 0 Å². The lowest BCUT2D eigenvalue weighted by Gasteiger charge is -2.29. The zero-order valence-corrected chi connectivity index (χ0v) is 17.8. The molecule has 2 heterocycles. The number of hydrogen-bond donors (Lipinski definition) is 1. The van der Waals surface area contributed by atoms with Crippen LogP contribution in [0.5, 0.6) is 5.75 Å². The smallest absolute Gasteiger partial charge is 0.414 e. The Kier molecular flexibility index (Phi) is 6.58. The number of carbonyl (C=O) groups is 1. The lowest BCUT2D eigenvalue weighted by atomic mass is 10.1. The summed E-state index contributed by atoms with van der Waals surface area (Å²) in [4.78, 5) is 15.8. The highest BCUT2D eigenvalue weighted by atomic mass is 19.1. The Bertz CT molecular complexity index is 902. The Labute approximate surface area is 181 Å². The van der Waals surface area contributed by atoms with Crippen molar-refractivity contribution in [3.8, 4) is 5.75 Å². The molecule has 2 aliphatic rings. The summed E-state index contributed by atoms with van der Waals surface area (Å²) in [5.74, 6) is 0.463. The summed E-state index contributed by atoms with van der Waals surface area (Å²) >= 11 is 0. The Balaban J connectivity index is 1.35. The molecule has 166 valence electrons. The van der Waals surface area contributed by atoms with Gasteiger partial charge in [0.25, 0.3) is 0 Å². The van der Waals surface area contributed by atoms with Crippen LogP contribution >= 0.6 is 0 Å². The Morgan fingerprint density at radius 1 is 1.19 bits per heavy atom. The highest BCUT2D eigenvalue weighted by Crippen LogP contribution is 2.28. The molecule has 2 fully saturated rings. The molecule has 7 nitrogen and oxygen atoms in total. The average Bonchev–Trinajstić information content (AvgIpc) is 3.18. The van der Waals surface area contributed by atoms with Gasteiger partial charge in [0.2, 0.25) is 0 Å². The van der Waals surface area contributed by atoms with E-state index in [-0.39, 0.29) is 18.0 Å². The molecule has 0 spiro atoms. The standard InChI is InChI=1S/C23H28FN3O4/c1-16(17-3-6-19(29-2)7-4-17)25-14-20-15-27(23(28)31-20)18-5-8-22(21(24)13-18)26-9-11-30-12-10-26/h3-8,13,16,20,25H,9-12,14-15H2,1-2H3/t16-,20-/m0/s1. The molecule has 2 aromatic rings. The molecule has 0 saturated carbocycles. The summed E-state index contributed by atoms with van der Waals surface area (Å²) in [6.07, 6.45) is -0.766. The molecular weight excluding hydrogens is 401 g/mol. The van der Waals surface area contributed by atoms with E-state index in [1.807, 2.05) is 29.2 Å². The first-order valence-electron chi connectivity index (χ1n) is 10.5. The predicted octanol–water partition coefficient (Wildman–Crippen LogP) is 3.35. The second-order valence-corrected chi connectivity index (χ2v) is 7.75. The number of ether oxygens (including phenoxy) is 3. The van der Waals surface area contributed by atoms with E-state index in [1.165, 1.54) is 11.0 Å². The highest BCUT2D eigenvalue weighted by Gasteiger charge is 2.33. The van der Waals surface area contributed by atoms with Crippen LogP contribution in [0, 0.1) is 5.82 Å². The minimum atomic E-state index is -0.456. The van der Waals surface area contributed by atoms with E-state index in [9.17, 15) is 9.18 Å². The number of nitrogens with zero attached hydrogens (tertiary/aromatic N) is 2. The van der Waals surface area contributed by atoms with Gasteiger partial charge in [-0.25, -0.2) is 9.18 Å². The number of benzene rings is 2. The second-order valence-electron chi connectivity index (χ2n) is 7.75. The summed E-state index contributed by atoms with van der Waals surface area (Å²) in [5.41, 5.74) is 2.15. The van der Waals surface area contributed by atoms with Crippen molar-refractivity contribution < 1.29 is 23.4 Å². The molecule has 1 amide bonds. The van der Waals surface area contributed by atoms with E-state index in [4.69, 9.17) is 14.2 Å². The van der Waals surface area contributed by atoms with Crippen LogP contribution < -0.4 is 19.9 Å². The number of morpholine rings is 1. The van der Waals surface area contributed by atoms with Gasteiger partial charge in [-0.1, -0.05) is 12.1 Å². The number of anilines is 2. The number of cyclic esters (lactones) is 1. The monoisotopic (exact) mass is 429 g/mol. The highest BCUT2D eigenvalue weighted by molar-refractivity contribution is 5.90. The topological polar surface area (TPSA) is 63.3 Å². The third-order valence-corrected chi connectivity index (χ3v) is 5.74. The molecule has 2 saturated heterocycles. The number of hydrogen-bond acceptors (Lipinski definition) is 6. The third-order valence-electron chi connectivity index (χ3n) is 5.74. The first kappa shape index (κ1) is 21.4. The molecule has 0 bridgehead atoms. The molecule has 2 aromatic carbocycles. The van der Waals surface area contributed by atoms with Gasteiger partial charge in [0.1, 0.15) is 17.7 Å². The van der Waals surface area contributed by atoms with E-state index >= 15 is 0 Å². The first-order chi connectivity index (χ1) is 15.0. The largest absolute Gasteiger partial charge is 0.497 e. The van der Waals surface area contributed by atoms with Gasteiger partial charge in [-0.05, 0) is 42.8 Å². The Morgan fingerprint density at radius 3 is 2.61 bits per heavy atom. The van der Waals surface area contributed by atoms with E-state index in [2.05, 4.69) is 12.2 Å². The summed E-state index contributed by atoms with van der Waals surface area (Å²) in [5, 5.41) is 3.40. The van der Waals surface area contributed by atoms with Crippen molar-refractivity contribution in [3.63, 3.8) is 0 Å². The molecule has 8 heteroatoms. The number of methoxy groups -OCH3 is 1. The van der Waals surface area contributed by atoms with Crippen molar-refractivity contribution in [2.45, 2.75) is 19.1 Å².